The molecule has 0 atom stereocenters. The first-order valence-electron chi connectivity index (χ1n) is 5.99. The quantitative estimate of drug-likeness (QED) is 0.808. The molecule has 3 N–H and O–H groups in total. The number of halogens is 1. The number of hydrogen-bond acceptors (Lipinski definition) is 5. The van der Waals surface area contributed by atoms with E-state index in [2.05, 4.69) is 45.1 Å². The van der Waals surface area contributed by atoms with Crippen LogP contribution in [0.25, 0.3) is 0 Å². The maximum Gasteiger partial charge on any atom is 0.232 e. The van der Waals surface area contributed by atoms with E-state index in [-0.39, 0.29) is 5.41 Å². The van der Waals surface area contributed by atoms with Crippen LogP contribution in [0, 0.1) is 5.41 Å². The van der Waals surface area contributed by atoms with Gasteiger partial charge in [0, 0.05) is 6.54 Å². The molecule has 1 aromatic rings. The van der Waals surface area contributed by atoms with E-state index in [1.54, 1.807) is 13.3 Å². The maximum absolute atomic E-state index is 5.53. The second kappa shape index (κ2) is 6.89. The Labute approximate surface area is 117 Å². The monoisotopic (exact) mass is 316 g/mol. The largest absolute Gasteiger partial charge is 0.480 e. The van der Waals surface area contributed by atoms with Crippen molar-refractivity contribution in [2.75, 3.05) is 25.5 Å². The van der Waals surface area contributed by atoms with Gasteiger partial charge in [0.15, 0.2) is 0 Å². The van der Waals surface area contributed by atoms with E-state index in [9.17, 15) is 0 Å². The number of nitrogens with one attached hydrogen (secondary N) is 1. The second-order valence-corrected chi connectivity index (χ2v) is 5.82. The normalized spacial score (nSPS) is 11.4. The van der Waals surface area contributed by atoms with E-state index in [1.165, 1.54) is 0 Å². The van der Waals surface area contributed by atoms with Crippen molar-refractivity contribution in [1.82, 2.24) is 9.97 Å². The molecule has 6 heteroatoms. The first kappa shape index (κ1) is 15.2. The zero-order valence-electron chi connectivity index (χ0n) is 11.2. The third-order valence-electron chi connectivity index (χ3n) is 2.69. The fourth-order valence-electron chi connectivity index (χ4n) is 1.57. The van der Waals surface area contributed by atoms with Gasteiger partial charge in [-0.05, 0) is 40.7 Å². The number of nitrogens with two attached hydrogens (primary N) is 1. The molecule has 1 rings (SSSR count). The van der Waals surface area contributed by atoms with Gasteiger partial charge in [0.25, 0.3) is 0 Å². The van der Waals surface area contributed by atoms with Crippen molar-refractivity contribution >= 4 is 21.9 Å². The van der Waals surface area contributed by atoms with Crippen molar-refractivity contribution in [2.45, 2.75) is 26.7 Å². The molecular formula is C12H21BrN4O. The van der Waals surface area contributed by atoms with E-state index in [4.69, 9.17) is 10.5 Å². The fraction of sp³-hybridized carbons (Fsp3) is 0.667. The van der Waals surface area contributed by atoms with Crippen LogP contribution >= 0.6 is 15.9 Å². The Morgan fingerprint density at radius 1 is 1.50 bits per heavy atom. The summed E-state index contributed by atoms with van der Waals surface area (Å²) in [6, 6.07) is 0. The molecule has 0 saturated heterocycles. The van der Waals surface area contributed by atoms with E-state index in [0.717, 1.165) is 30.4 Å². The minimum absolute atomic E-state index is 0.170. The van der Waals surface area contributed by atoms with Crippen LogP contribution in [0.5, 0.6) is 5.88 Å². The van der Waals surface area contributed by atoms with Gasteiger partial charge in [-0.2, -0.15) is 4.98 Å². The van der Waals surface area contributed by atoms with Crippen molar-refractivity contribution in [3.8, 4) is 5.88 Å². The van der Waals surface area contributed by atoms with Gasteiger partial charge in [-0.15, -0.1) is 0 Å². The number of anilines is 1. The number of methoxy groups -OCH3 is 1. The van der Waals surface area contributed by atoms with Crippen LogP contribution in [-0.4, -0.2) is 30.2 Å². The molecular weight excluding hydrogens is 296 g/mol. The number of hydrogen-bond donors (Lipinski definition) is 2. The summed E-state index contributed by atoms with van der Waals surface area (Å²) in [7, 11) is 1.59. The molecule has 102 valence electrons. The molecule has 1 aromatic heterocycles. The van der Waals surface area contributed by atoms with E-state index >= 15 is 0 Å². The van der Waals surface area contributed by atoms with Crippen molar-refractivity contribution in [3.05, 3.63) is 10.7 Å². The molecule has 0 aromatic carbocycles. The van der Waals surface area contributed by atoms with E-state index < -0.39 is 0 Å². The van der Waals surface area contributed by atoms with Crippen LogP contribution in [0.2, 0.25) is 0 Å². The zero-order chi connectivity index (χ0) is 13.6. The lowest BCUT2D eigenvalue weighted by molar-refractivity contribution is 0.349. The highest BCUT2D eigenvalue weighted by molar-refractivity contribution is 9.10. The highest BCUT2D eigenvalue weighted by Crippen LogP contribution is 2.24. The van der Waals surface area contributed by atoms with Crippen LogP contribution < -0.4 is 15.8 Å². The Balaban J connectivity index is 2.57. The lowest BCUT2D eigenvalue weighted by atomic mass is 9.88. The molecule has 0 aliphatic carbocycles. The molecule has 0 aliphatic heterocycles. The van der Waals surface area contributed by atoms with Gasteiger partial charge in [0.1, 0.15) is 0 Å². The minimum atomic E-state index is 0.170. The Kier molecular flexibility index (Phi) is 5.81. The van der Waals surface area contributed by atoms with Crippen molar-refractivity contribution < 1.29 is 4.74 Å². The van der Waals surface area contributed by atoms with Crippen molar-refractivity contribution in [1.29, 1.82) is 0 Å². The van der Waals surface area contributed by atoms with Crippen LogP contribution in [0.3, 0.4) is 0 Å². The molecule has 0 unspecified atom stereocenters. The third-order valence-corrected chi connectivity index (χ3v) is 3.23. The third kappa shape index (κ3) is 4.78. The van der Waals surface area contributed by atoms with Gasteiger partial charge >= 0.3 is 0 Å². The molecule has 0 aliphatic rings. The highest BCUT2D eigenvalue weighted by atomic mass is 79.9. The second-order valence-electron chi connectivity index (χ2n) is 4.96. The van der Waals surface area contributed by atoms with Crippen molar-refractivity contribution in [3.63, 3.8) is 0 Å². The van der Waals surface area contributed by atoms with Gasteiger partial charge in [-0.1, -0.05) is 13.8 Å². The summed E-state index contributed by atoms with van der Waals surface area (Å²) in [6.45, 7) is 5.93. The highest BCUT2D eigenvalue weighted by Gasteiger charge is 2.17. The van der Waals surface area contributed by atoms with Gasteiger partial charge < -0.3 is 15.8 Å². The summed E-state index contributed by atoms with van der Waals surface area (Å²) in [4.78, 5) is 8.45. The summed E-state index contributed by atoms with van der Waals surface area (Å²) in [6.07, 6.45) is 3.78. The fourth-order valence-corrected chi connectivity index (χ4v) is 1.92. The number of rotatable bonds is 7. The number of ether oxygens (including phenoxy) is 1. The maximum atomic E-state index is 5.53. The standard InChI is InChI=1S/C12H21BrN4O/c1-12(2,5-4-6-14)8-16-11-15-7-9(13)10(17-11)18-3/h7H,4-6,8,14H2,1-3H3,(H,15,16,17). The van der Waals surface area contributed by atoms with Crippen LogP contribution in [0.15, 0.2) is 10.7 Å². The minimum Gasteiger partial charge on any atom is -0.480 e. The van der Waals surface area contributed by atoms with Crippen molar-refractivity contribution in [2.24, 2.45) is 11.1 Å². The Morgan fingerprint density at radius 2 is 2.22 bits per heavy atom. The average molecular weight is 317 g/mol. The van der Waals surface area contributed by atoms with Gasteiger partial charge in [-0.25, -0.2) is 4.98 Å². The SMILES string of the molecule is COc1nc(NCC(C)(C)CCCN)ncc1Br. The van der Waals surface area contributed by atoms with Gasteiger partial charge in [0.2, 0.25) is 11.8 Å². The molecule has 0 amide bonds. The molecule has 0 bridgehead atoms. The summed E-state index contributed by atoms with van der Waals surface area (Å²) in [5, 5.41) is 3.23. The lowest BCUT2D eigenvalue weighted by Gasteiger charge is -2.24. The summed E-state index contributed by atoms with van der Waals surface area (Å²) in [5.41, 5.74) is 5.70. The van der Waals surface area contributed by atoms with Crippen LogP contribution in [0.1, 0.15) is 26.7 Å². The Hall–Kier alpha value is -0.880. The van der Waals surface area contributed by atoms with Crippen LogP contribution in [-0.2, 0) is 0 Å². The predicted molar refractivity (Wildman–Crippen MR) is 76.8 cm³/mol. The summed E-state index contributed by atoms with van der Waals surface area (Å²) >= 11 is 3.32. The number of aromatic nitrogens is 2. The molecule has 0 radical (unpaired) electrons. The van der Waals surface area contributed by atoms with E-state index in [1.807, 2.05) is 0 Å². The zero-order valence-corrected chi connectivity index (χ0v) is 12.7. The molecule has 18 heavy (non-hydrogen) atoms. The topological polar surface area (TPSA) is 73.1 Å². The Morgan fingerprint density at radius 3 is 2.83 bits per heavy atom. The predicted octanol–water partition coefficient (Wildman–Crippen LogP) is 2.42. The number of nitrogens with zero attached hydrogens (tertiary/aromatic N) is 2. The molecule has 0 saturated carbocycles. The van der Waals surface area contributed by atoms with E-state index in [0.29, 0.717) is 11.8 Å². The molecule has 5 nitrogen and oxygen atoms in total. The first-order valence-corrected chi connectivity index (χ1v) is 6.78. The Bertz CT molecular complexity index is 384. The van der Waals surface area contributed by atoms with Crippen LogP contribution in [0.4, 0.5) is 5.95 Å². The smallest absolute Gasteiger partial charge is 0.232 e. The average Bonchev–Trinajstić information content (AvgIpc) is 2.35. The molecule has 0 spiro atoms. The van der Waals surface area contributed by atoms with Gasteiger partial charge in [-0.3, -0.25) is 0 Å². The lowest BCUT2D eigenvalue weighted by Crippen LogP contribution is -2.24. The first-order chi connectivity index (χ1) is 8.48. The summed E-state index contributed by atoms with van der Waals surface area (Å²) < 4.78 is 5.88. The van der Waals surface area contributed by atoms with Gasteiger partial charge in [0.05, 0.1) is 17.8 Å². The molecule has 0 fully saturated rings. The summed E-state index contributed by atoms with van der Waals surface area (Å²) in [5.74, 6) is 1.11. The molecule has 1 heterocycles.